The van der Waals surface area contributed by atoms with Crippen LogP contribution in [0.5, 0.6) is 0 Å². The maximum absolute atomic E-state index is 11.8. The van der Waals surface area contributed by atoms with E-state index in [0.29, 0.717) is 6.54 Å². The molecule has 1 unspecified atom stereocenters. The zero-order valence-corrected chi connectivity index (χ0v) is 12.0. The molecule has 0 heterocycles. The predicted octanol–water partition coefficient (Wildman–Crippen LogP) is 2.69. The minimum Gasteiger partial charge on any atom is -0.355 e. The molecule has 0 spiro atoms. The molecular weight excluding hydrogens is 248 g/mol. The predicted molar refractivity (Wildman–Crippen MR) is 75.7 cm³/mol. The van der Waals surface area contributed by atoms with Crippen LogP contribution in [0.25, 0.3) is 0 Å². The number of likely N-dealkylation sites (N-methyl/N-ethyl adjacent to an activating group) is 1. The van der Waals surface area contributed by atoms with Gasteiger partial charge in [0.2, 0.25) is 5.91 Å². The fourth-order valence-corrected chi connectivity index (χ4v) is 1.87. The van der Waals surface area contributed by atoms with Crippen LogP contribution in [0.4, 0.5) is 0 Å². The number of nitrogens with zero attached hydrogens (tertiary/aromatic N) is 1. The molecule has 0 aliphatic rings. The first-order valence-corrected chi connectivity index (χ1v) is 6.64. The number of hydrogen-bond acceptors (Lipinski definition) is 2. The van der Waals surface area contributed by atoms with Gasteiger partial charge in [-0.05, 0) is 38.1 Å². The largest absolute Gasteiger partial charge is 0.355 e. The van der Waals surface area contributed by atoms with Crippen molar-refractivity contribution in [3.63, 3.8) is 0 Å². The monoisotopic (exact) mass is 268 g/mol. The molecule has 1 aromatic carbocycles. The number of carbonyl (C=O) groups excluding carboxylic acids is 1. The maximum atomic E-state index is 11.8. The van der Waals surface area contributed by atoms with Gasteiger partial charge in [-0.25, -0.2) is 0 Å². The second-order valence-corrected chi connectivity index (χ2v) is 4.95. The first-order valence-electron chi connectivity index (χ1n) is 6.27. The first-order chi connectivity index (χ1) is 8.54. The van der Waals surface area contributed by atoms with Gasteiger partial charge in [-0.1, -0.05) is 30.7 Å². The van der Waals surface area contributed by atoms with Crippen molar-refractivity contribution >= 4 is 17.5 Å². The molecule has 1 atom stereocenters. The SMILES string of the molecule is CCCNC(=O)C(C)N(C)Cc1cccc(Cl)c1. The normalized spacial score (nSPS) is 12.5. The topological polar surface area (TPSA) is 32.3 Å². The van der Waals surface area contributed by atoms with Gasteiger partial charge in [0, 0.05) is 18.1 Å². The van der Waals surface area contributed by atoms with Gasteiger partial charge < -0.3 is 5.32 Å². The van der Waals surface area contributed by atoms with Gasteiger partial charge in [-0.2, -0.15) is 0 Å². The van der Waals surface area contributed by atoms with Crippen LogP contribution in [0, 0.1) is 0 Å². The first kappa shape index (κ1) is 15.0. The van der Waals surface area contributed by atoms with E-state index in [0.717, 1.165) is 23.6 Å². The summed E-state index contributed by atoms with van der Waals surface area (Å²) in [4.78, 5) is 13.8. The fourth-order valence-electron chi connectivity index (χ4n) is 1.66. The molecule has 100 valence electrons. The fraction of sp³-hybridized carbons (Fsp3) is 0.500. The molecule has 0 bridgehead atoms. The lowest BCUT2D eigenvalue weighted by molar-refractivity contribution is -0.125. The van der Waals surface area contributed by atoms with Crippen LogP contribution in [0.3, 0.4) is 0 Å². The molecule has 0 aliphatic carbocycles. The molecule has 1 N–H and O–H groups in total. The summed E-state index contributed by atoms with van der Waals surface area (Å²) >= 11 is 5.94. The molecule has 0 saturated heterocycles. The average molecular weight is 269 g/mol. The number of benzene rings is 1. The second-order valence-electron chi connectivity index (χ2n) is 4.51. The third-order valence-electron chi connectivity index (χ3n) is 2.91. The highest BCUT2D eigenvalue weighted by atomic mass is 35.5. The van der Waals surface area contributed by atoms with Crippen molar-refractivity contribution in [1.82, 2.24) is 10.2 Å². The third kappa shape index (κ3) is 4.67. The van der Waals surface area contributed by atoms with Crippen molar-refractivity contribution in [2.45, 2.75) is 32.9 Å². The van der Waals surface area contributed by atoms with Gasteiger partial charge >= 0.3 is 0 Å². The molecule has 0 fully saturated rings. The molecule has 0 radical (unpaired) electrons. The Hall–Kier alpha value is -1.06. The van der Waals surface area contributed by atoms with Gasteiger partial charge in [0.25, 0.3) is 0 Å². The summed E-state index contributed by atoms with van der Waals surface area (Å²) in [6, 6.07) is 7.57. The highest BCUT2D eigenvalue weighted by Gasteiger charge is 2.17. The van der Waals surface area contributed by atoms with Crippen LogP contribution in [0.1, 0.15) is 25.8 Å². The van der Waals surface area contributed by atoms with E-state index in [1.807, 2.05) is 50.1 Å². The Morgan fingerprint density at radius 2 is 2.22 bits per heavy atom. The van der Waals surface area contributed by atoms with E-state index in [1.165, 1.54) is 0 Å². The van der Waals surface area contributed by atoms with Gasteiger partial charge in [-0.3, -0.25) is 9.69 Å². The number of halogens is 1. The Labute approximate surface area is 114 Å². The van der Waals surface area contributed by atoms with E-state index < -0.39 is 0 Å². The van der Waals surface area contributed by atoms with Crippen molar-refractivity contribution < 1.29 is 4.79 Å². The van der Waals surface area contributed by atoms with Crippen molar-refractivity contribution in [1.29, 1.82) is 0 Å². The summed E-state index contributed by atoms with van der Waals surface area (Å²) in [5, 5.41) is 3.63. The van der Waals surface area contributed by atoms with Crippen LogP contribution in [0.2, 0.25) is 5.02 Å². The van der Waals surface area contributed by atoms with Crippen molar-refractivity contribution in [3.8, 4) is 0 Å². The zero-order valence-electron chi connectivity index (χ0n) is 11.2. The quantitative estimate of drug-likeness (QED) is 0.860. The van der Waals surface area contributed by atoms with Crippen molar-refractivity contribution in [2.75, 3.05) is 13.6 Å². The summed E-state index contributed by atoms with van der Waals surface area (Å²) < 4.78 is 0. The van der Waals surface area contributed by atoms with Gasteiger partial charge in [-0.15, -0.1) is 0 Å². The highest BCUT2D eigenvalue weighted by molar-refractivity contribution is 6.30. The minimum absolute atomic E-state index is 0.0707. The van der Waals surface area contributed by atoms with Crippen LogP contribution >= 0.6 is 11.6 Å². The minimum atomic E-state index is -0.143. The lowest BCUT2D eigenvalue weighted by Crippen LogP contribution is -2.43. The van der Waals surface area contributed by atoms with Crippen molar-refractivity contribution in [2.24, 2.45) is 0 Å². The Balaban J connectivity index is 2.54. The van der Waals surface area contributed by atoms with E-state index in [9.17, 15) is 4.79 Å². The standard InChI is InChI=1S/C14H21ClN2O/c1-4-8-16-14(18)11(2)17(3)10-12-6-5-7-13(15)9-12/h5-7,9,11H,4,8,10H2,1-3H3,(H,16,18). The van der Waals surface area contributed by atoms with E-state index in [2.05, 4.69) is 5.32 Å². The maximum Gasteiger partial charge on any atom is 0.237 e. The van der Waals surface area contributed by atoms with Crippen LogP contribution in [-0.4, -0.2) is 30.4 Å². The van der Waals surface area contributed by atoms with Crippen LogP contribution in [0.15, 0.2) is 24.3 Å². The zero-order chi connectivity index (χ0) is 13.5. The van der Waals surface area contributed by atoms with E-state index in [-0.39, 0.29) is 11.9 Å². The van der Waals surface area contributed by atoms with Crippen molar-refractivity contribution in [3.05, 3.63) is 34.9 Å². The second kappa shape index (κ2) is 7.39. The Bertz CT molecular complexity index is 395. The molecular formula is C14H21ClN2O. The molecule has 0 saturated carbocycles. The van der Waals surface area contributed by atoms with E-state index in [4.69, 9.17) is 11.6 Å². The summed E-state index contributed by atoms with van der Waals surface area (Å²) in [6.07, 6.45) is 0.955. The molecule has 4 heteroatoms. The number of nitrogens with one attached hydrogen (secondary N) is 1. The van der Waals surface area contributed by atoms with E-state index >= 15 is 0 Å². The number of carbonyl (C=O) groups is 1. The lowest BCUT2D eigenvalue weighted by atomic mass is 10.2. The number of rotatable bonds is 6. The third-order valence-corrected chi connectivity index (χ3v) is 3.15. The van der Waals surface area contributed by atoms with Gasteiger partial charge in [0.15, 0.2) is 0 Å². The summed E-state index contributed by atoms with van der Waals surface area (Å²) in [6.45, 7) is 5.39. The summed E-state index contributed by atoms with van der Waals surface area (Å²) in [5.74, 6) is 0.0707. The molecule has 3 nitrogen and oxygen atoms in total. The molecule has 1 aromatic rings. The molecule has 1 rings (SSSR count). The smallest absolute Gasteiger partial charge is 0.237 e. The molecule has 0 aliphatic heterocycles. The Morgan fingerprint density at radius 1 is 1.50 bits per heavy atom. The summed E-state index contributed by atoms with van der Waals surface area (Å²) in [7, 11) is 1.94. The Kier molecular flexibility index (Phi) is 6.16. The average Bonchev–Trinajstić information content (AvgIpc) is 2.35. The highest BCUT2D eigenvalue weighted by Crippen LogP contribution is 2.13. The molecule has 0 aromatic heterocycles. The number of hydrogen-bond donors (Lipinski definition) is 1. The van der Waals surface area contributed by atoms with E-state index in [1.54, 1.807) is 0 Å². The van der Waals surface area contributed by atoms with Crippen LogP contribution < -0.4 is 5.32 Å². The number of amides is 1. The Morgan fingerprint density at radius 3 is 2.83 bits per heavy atom. The summed E-state index contributed by atoms with van der Waals surface area (Å²) in [5.41, 5.74) is 1.11. The van der Waals surface area contributed by atoms with Gasteiger partial charge in [0.1, 0.15) is 0 Å². The molecule has 1 amide bonds. The lowest BCUT2D eigenvalue weighted by Gasteiger charge is -2.23. The van der Waals surface area contributed by atoms with Crippen LogP contribution in [-0.2, 0) is 11.3 Å². The van der Waals surface area contributed by atoms with Gasteiger partial charge in [0.05, 0.1) is 6.04 Å². The molecule has 18 heavy (non-hydrogen) atoms.